The normalized spacial score (nSPS) is 21.5. The third-order valence-electron chi connectivity index (χ3n) is 3.66. The van der Waals surface area contributed by atoms with Crippen LogP contribution in [0.5, 0.6) is 0 Å². The van der Waals surface area contributed by atoms with Crippen LogP contribution in [0.4, 0.5) is 0 Å². The standard InChI is InChI=1S/C15H18O3/c16-14(8-7-11-4-3-9-17-11)13-10-18-15-6-2-1-5-12(13)15/h1-2,5-6,10-11,14,16H,3-4,7-9H2. The van der Waals surface area contributed by atoms with Crippen LogP contribution in [0.2, 0.25) is 0 Å². The second kappa shape index (κ2) is 5.12. The molecule has 18 heavy (non-hydrogen) atoms. The largest absolute Gasteiger partial charge is 0.464 e. The number of benzene rings is 1. The molecule has 0 saturated carbocycles. The van der Waals surface area contributed by atoms with Gasteiger partial charge in [0.05, 0.1) is 18.5 Å². The number of furan rings is 1. The smallest absolute Gasteiger partial charge is 0.134 e. The lowest BCUT2D eigenvalue weighted by Gasteiger charge is -2.12. The van der Waals surface area contributed by atoms with Crippen LogP contribution in [0, 0.1) is 0 Å². The van der Waals surface area contributed by atoms with Crippen molar-refractivity contribution in [1.29, 1.82) is 0 Å². The summed E-state index contributed by atoms with van der Waals surface area (Å²) in [6, 6.07) is 7.82. The molecule has 1 fully saturated rings. The molecule has 1 aliphatic heterocycles. The zero-order valence-electron chi connectivity index (χ0n) is 10.3. The second-order valence-corrected chi connectivity index (χ2v) is 4.92. The maximum atomic E-state index is 10.3. The number of fused-ring (bicyclic) bond motifs is 1. The van der Waals surface area contributed by atoms with Crippen molar-refractivity contribution in [1.82, 2.24) is 0 Å². The molecule has 96 valence electrons. The Hall–Kier alpha value is -1.32. The average Bonchev–Trinajstić information content (AvgIpc) is 3.05. The van der Waals surface area contributed by atoms with Crippen molar-refractivity contribution in [2.24, 2.45) is 0 Å². The van der Waals surface area contributed by atoms with Crippen molar-refractivity contribution < 1.29 is 14.3 Å². The summed E-state index contributed by atoms with van der Waals surface area (Å²) in [6.45, 7) is 0.870. The van der Waals surface area contributed by atoms with Gasteiger partial charge >= 0.3 is 0 Å². The van der Waals surface area contributed by atoms with Crippen LogP contribution in [0.3, 0.4) is 0 Å². The summed E-state index contributed by atoms with van der Waals surface area (Å²) >= 11 is 0. The van der Waals surface area contributed by atoms with E-state index in [-0.39, 0.29) is 0 Å². The maximum Gasteiger partial charge on any atom is 0.134 e. The molecular weight excluding hydrogens is 228 g/mol. The molecule has 0 bridgehead atoms. The molecule has 0 spiro atoms. The SMILES string of the molecule is OC(CCC1CCCO1)c1coc2ccccc12. The van der Waals surface area contributed by atoms with Gasteiger partial charge in [-0.05, 0) is 31.7 Å². The average molecular weight is 246 g/mol. The van der Waals surface area contributed by atoms with Crippen molar-refractivity contribution >= 4 is 11.0 Å². The zero-order valence-corrected chi connectivity index (χ0v) is 10.3. The first-order chi connectivity index (χ1) is 8.84. The Morgan fingerprint density at radius 3 is 3.06 bits per heavy atom. The van der Waals surface area contributed by atoms with E-state index >= 15 is 0 Å². The van der Waals surface area contributed by atoms with Crippen LogP contribution in [0.25, 0.3) is 11.0 Å². The number of hydrogen-bond donors (Lipinski definition) is 1. The Labute approximate surface area is 106 Å². The van der Waals surface area contributed by atoms with E-state index in [4.69, 9.17) is 9.15 Å². The van der Waals surface area contributed by atoms with E-state index in [1.807, 2.05) is 24.3 Å². The molecule has 3 heteroatoms. The summed E-state index contributed by atoms with van der Waals surface area (Å²) < 4.78 is 11.0. The highest BCUT2D eigenvalue weighted by atomic mass is 16.5. The fourth-order valence-corrected chi connectivity index (χ4v) is 2.63. The Morgan fingerprint density at radius 2 is 2.22 bits per heavy atom. The Morgan fingerprint density at radius 1 is 1.33 bits per heavy atom. The molecule has 0 radical (unpaired) electrons. The van der Waals surface area contributed by atoms with Gasteiger partial charge in [-0.2, -0.15) is 0 Å². The predicted octanol–water partition coefficient (Wildman–Crippen LogP) is 3.43. The fraction of sp³-hybridized carbons (Fsp3) is 0.467. The lowest BCUT2D eigenvalue weighted by Crippen LogP contribution is -2.07. The van der Waals surface area contributed by atoms with Crippen molar-refractivity contribution in [3.8, 4) is 0 Å². The zero-order chi connectivity index (χ0) is 12.4. The van der Waals surface area contributed by atoms with Crippen LogP contribution >= 0.6 is 0 Å². The Bertz CT molecular complexity index is 511. The number of aliphatic hydroxyl groups is 1. The highest BCUT2D eigenvalue weighted by Crippen LogP contribution is 2.30. The molecule has 1 aromatic heterocycles. The number of aliphatic hydroxyl groups excluding tert-OH is 1. The molecule has 2 aromatic rings. The molecule has 3 nitrogen and oxygen atoms in total. The van der Waals surface area contributed by atoms with Crippen LogP contribution < -0.4 is 0 Å². The van der Waals surface area contributed by atoms with Gasteiger partial charge in [0.15, 0.2) is 0 Å². The fourth-order valence-electron chi connectivity index (χ4n) is 2.63. The molecule has 1 aromatic carbocycles. The third kappa shape index (κ3) is 2.28. The molecule has 1 N–H and O–H groups in total. The van der Waals surface area contributed by atoms with Gasteiger partial charge in [-0.15, -0.1) is 0 Å². The van der Waals surface area contributed by atoms with Crippen molar-refractivity contribution in [3.63, 3.8) is 0 Å². The lowest BCUT2D eigenvalue weighted by atomic mass is 10.0. The molecule has 1 aliphatic rings. The lowest BCUT2D eigenvalue weighted by molar-refractivity contribution is 0.0813. The van der Waals surface area contributed by atoms with E-state index in [2.05, 4.69) is 0 Å². The molecule has 3 rings (SSSR count). The summed E-state index contributed by atoms with van der Waals surface area (Å²) in [6.07, 6.45) is 5.46. The van der Waals surface area contributed by atoms with E-state index in [9.17, 15) is 5.11 Å². The molecule has 0 aliphatic carbocycles. The number of hydrogen-bond acceptors (Lipinski definition) is 3. The number of rotatable bonds is 4. The van der Waals surface area contributed by atoms with Gasteiger partial charge in [0.25, 0.3) is 0 Å². The van der Waals surface area contributed by atoms with Crippen LogP contribution in [0.15, 0.2) is 34.9 Å². The summed E-state index contributed by atoms with van der Waals surface area (Å²) in [4.78, 5) is 0. The van der Waals surface area contributed by atoms with Gasteiger partial charge < -0.3 is 14.3 Å². The molecule has 2 unspecified atom stereocenters. The third-order valence-corrected chi connectivity index (χ3v) is 3.66. The maximum absolute atomic E-state index is 10.3. The number of ether oxygens (including phenoxy) is 1. The first-order valence-electron chi connectivity index (χ1n) is 6.60. The van der Waals surface area contributed by atoms with E-state index < -0.39 is 6.10 Å². The summed E-state index contributed by atoms with van der Waals surface area (Å²) in [5.41, 5.74) is 1.73. The first kappa shape index (κ1) is 11.8. The minimum atomic E-state index is -0.460. The van der Waals surface area contributed by atoms with Gasteiger partial charge in [0, 0.05) is 17.6 Å². The van der Waals surface area contributed by atoms with Crippen LogP contribution in [-0.2, 0) is 4.74 Å². The van der Waals surface area contributed by atoms with E-state index in [0.717, 1.165) is 48.8 Å². The van der Waals surface area contributed by atoms with E-state index in [0.29, 0.717) is 6.10 Å². The number of para-hydroxylation sites is 1. The minimum Gasteiger partial charge on any atom is -0.464 e. The van der Waals surface area contributed by atoms with Gasteiger partial charge in [0.1, 0.15) is 5.58 Å². The van der Waals surface area contributed by atoms with Crippen molar-refractivity contribution in [2.45, 2.75) is 37.9 Å². The first-order valence-corrected chi connectivity index (χ1v) is 6.60. The van der Waals surface area contributed by atoms with Gasteiger partial charge in [-0.25, -0.2) is 0 Å². The molecular formula is C15H18O3. The predicted molar refractivity (Wildman–Crippen MR) is 69.4 cm³/mol. The van der Waals surface area contributed by atoms with Crippen molar-refractivity contribution in [3.05, 3.63) is 36.1 Å². The Kier molecular flexibility index (Phi) is 3.35. The summed E-state index contributed by atoms with van der Waals surface area (Å²) in [5.74, 6) is 0. The Balaban J connectivity index is 1.69. The molecule has 0 amide bonds. The molecule has 2 heterocycles. The van der Waals surface area contributed by atoms with Gasteiger partial charge in [-0.3, -0.25) is 0 Å². The van der Waals surface area contributed by atoms with Gasteiger partial charge in [0.2, 0.25) is 0 Å². The quantitative estimate of drug-likeness (QED) is 0.898. The molecule has 1 saturated heterocycles. The second-order valence-electron chi connectivity index (χ2n) is 4.92. The molecule has 2 atom stereocenters. The summed E-state index contributed by atoms with van der Waals surface area (Å²) in [5, 5.41) is 11.3. The van der Waals surface area contributed by atoms with Crippen LogP contribution in [0.1, 0.15) is 37.4 Å². The monoisotopic (exact) mass is 246 g/mol. The highest BCUT2D eigenvalue weighted by molar-refractivity contribution is 5.81. The summed E-state index contributed by atoms with van der Waals surface area (Å²) in [7, 11) is 0. The topological polar surface area (TPSA) is 42.6 Å². The highest BCUT2D eigenvalue weighted by Gasteiger charge is 2.19. The van der Waals surface area contributed by atoms with Crippen molar-refractivity contribution in [2.75, 3.05) is 6.61 Å². The van der Waals surface area contributed by atoms with E-state index in [1.54, 1.807) is 6.26 Å². The minimum absolute atomic E-state index is 0.331. The van der Waals surface area contributed by atoms with E-state index in [1.165, 1.54) is 0 Å². The van der Waals surface area contributed by atoms with Crippen LogP contribution in [-0.4, -0.2) is 17.8 Å². The van der Waals surface area contributed by atoms with Gasteiger partial charge in [-0.1, -0.05) is 18.2 Å².